The number of nitrogens with zero attached hydrogens (tertiary/aromatic N) is 1. The van der Waals surface area contributed by atoms with Crippen LogP contribution in [0, 0.1) is 5.41 Å². The number of unbranched alkanes of at least 4 members (excludes halogenated alkanes) is 1. The third kappa shape index (κ3) is 10.9. The molecular formula is C40H49ClN2O10. The van der Waals surface area contributed by atoms with Gasteiger partial charge >= 0.3 is 11.9 Å². The predicted molar refractivity (Wildman–Crippen MR) is 201 cm³/mol. The van der Waals surface area contributed by atoms with Gasteiger partial charge in [-0.3, -0.25) is 19.2 Å². The first-order valence-electron chi connectivity index (χ1n) is 17.5. The first-order valence-corrected chi connectivity index (χ1v) is 17.9. The van der Waals surface area contributed by atoms with Crippen molar-refractivity contribution >= 4 is 46.7 Å². The van der Waals surface area contributed by atoms with Gasteiger partial charge in [0.2, 0.25) is 5.91 Å². The van der Waals surface area contributed by atoms with Crippen LogP contribution in [0.3, 0.4) is 0 Å². The van der Waals surface area contributed by atoms with Crippen molar-refractivity contribution in [3.8, 4) is 17.2 Å². The van der Waals surface area contributed by atoms with Gasteiger partial charge in [-0.1, -0.05) is 43.6 Å². The van der Waals surface area contributed by atoms with Crippen molar-refractivity contribution in [2.24, 2.45) is 5.41 Å². The minimum atomic E-state index is -1.27. The van der Waals surface area contributed by atoms with Crippen LogP contribution in [0.15, 0.2) is 54.6 Å². The standard InChI is InChI=1S/C40H49ClN2O10/c1-8-51-36(46)15-10-9-12-26-16-19-32(48-5)30(20-26)42-35(45)22-34-39(47)43(23-40(3,4)24-52-25(2)44)31-18-17-27(41)21-29(31)37(53-34)28-13-11-14-33(49-6)38(28)50-7/h11,13-14,16-21,34,37H,8-10,12,15,22-24H2,1-7H3,(H,42,45). The van der Waals surface area contributed by atoms with Gasteiger partial charge in [-0.2, -0.15) is 0 Å². The van der Waals surface area contributed by atoms with Crippen molar-refractivity contribution in [3.05, 3.63) is 76.3 Å². The molecule has 2 amide bonds. The third-order valence-electron chi connectivity index (χ3n) is 8.68. The van der Waals surface area contributed by atoms with E-state index >= 15 is 0 Å². The second-order valence-corrected chi connectivity index (χ2v) is 13.9. The van der Waals surface area contributed by atoms with E-state index in [-0.39, 0.29) is 25.5 Å². The maximum Gasteiger partial charge on any atom is 0.305 e. The number of halogens is 1. The number of rotatable bonds is 17. The second kappa shape index (κ2) is 18.8. The quantitative estimate of drug-likeness (QED) is 0.112. The van der Waals surface area contributed by atoms with Crippen LogP contribution in [-0.2, 0) is 39.8 Å². The minimum Gasteiger partial charge on any atom is -0.495 e. The Labute approximate surface area is 316 Å². The summed E-state index contributed by atoms with van der Waals surface area (Å²) in [5.41, 5.74) is 2.33. The number of amides is 2. The van der Waals surface area contributed by atoms with Gasteiger partial charge in [0.25, 0.3) is 5.91 Å². The molecule has 4 rings (SSSR count). The Morgan fingerprint density at radius 2 is 1.68 bits per heavy atom. The summed E-state index contributed by atoms with van der Waals surface area (Å²) in [4.78, 5) is 53.6. The van der Waals surface area contributed by atoms with Crippen LogP contribution >= 0.6 is 11.6 Å². The molecule has 13 heteroatoms. The molecule has 286 valence electrons. The van der Waals surface area contributed by atoms with Crippen LogP contribution < -0.4 is 24.4 Å². The maximum atomic E-state index is 14.6. The molecule has 1 aliphatic heterocycles. The molecule has 3 aromatic carbocycles. The van der Waals surface area contributed by atoms with Crippen molar-refractivity contribution in [1.82, 2.24) is 0 Å². The van der Waals surface area contributed by atoms with E-state index in [4.69, 9.17) is 40.0 Å². The number of carbonyl (C=O) groups excluding carboxylic acids is 4. The average molecular weight is 753 g/mol. The highest BCUT2D eigenvalue weighted by atomic mass is 35.5. The Bertz CT molecular complexity index is 1780. The number of anilines is 2. The molecule has 2 unspecified atom stereocenters. The fourth-order valence-corrected chi connectivity index (χ4v) is 6.39. The molecule has 0 saturated heterocycles. The lowest BCUT2D eigenvalue weighted by molar-refractivity contribution is -0.144. The number of esters is 2. The lowest BCUT2D eigenvalue weighted by atomic mass is 9.92. The molecule has 0 fully saturated rings. The lowest BCUT2D eigenvalue weighted by Crippen LogP contribution is -2.46. The van der Waals surface area contributed by atoms with Crippen LogP contribution in [0.4, 0.5) is 11.4 Å². The molecule has 0 spiro atoms. The van der Waals surface area contributed by atoms with Crippen molar-refractivity contribution in [2.75, 3.05) is 51.3 Å². The molecule has 0 saturated carbocycles. The van der Waals surface area contributed by atoms with Gasteiger partial charge in [-0.25, -0.2) is 0 Å². The summed E-state index contributed by atoms with van der Waals surface area (Å²) < 4.78 is 33.9. The Balaban J connectivity index is 1.69. The molecule has 2 atom stereocenters. The summed E-state index contributed by atoms with van der Waals surface area (Å²) in [5, 5.41) is 3.34. The molecule has 1 N–H and O–H groups in total. The van der Waals surface area contributed by atoms with Crippen LogP contribution in [-0.4, -0.2) is 70.9 Å². The Kier molecular flexibility index (Phi) is 14.5. The summed E-state index contributed by atoms with van der Waals surface area (Å²) >= 11 is 6.57. The van der Waals surface area contributed by atoms with Crippen molar-refractivity contribution in [2.45, 2.75) is 72.0 Å². The number of nitrogens with one attached hydrogen (secondary N) is 1. The van der Waals surface area contributed by atoms with Gasteiger partial charge in [-0.05, 0) is 68.1 Å². The van der Waals surface area contributed by atoms with Gasteiger partial charge in [0.05, 0.1) is 46.7 Å². The molecule has 53 heavy (non-hydrogen) atoms. The zero-order valence-corrected chi connectivity index (χ0v) is 32.2. The van der Waals surface area contributed by atoms with Gasteiger partial charge in [0, 0.05) is 47.1 Å². The average Bonchev–Trinajstić information content (AvgIpc) is 3.22. The molecule has 0 radical (unpaired) electrons. The smallest absolute Gasteiger partial charge is 0.305 e. The number of ether oxygens (including phenoxy) is 6. The van der Waals surface area contributed by atoms with E-state index in [2.05, 4.69) is 5.32 Å². The summed E-state index contributed by atoms with van der Waals surface area (Å²) in [6, 6.07) is 16.0. The van der Waals surface area contributed by atoms with E-state index in [1.165, 1.54) is 28.3 Å². The number of benzene rings is 3. The first-order chi connectivity index (χ1) is 25.3. The van der Waals surface area contributed by atoms with E-state index in [0.717, 1.165) is 12.0 Å². The number of fused-ring (bicyclic) bond motifs is 1. The second-order valence-electron chi connectivity index (χ2n) is 13.5. The molecule has 3 aromatic rings. The zero-order valence-electron chi connectivity index (χ0n) is 31.4. The van der Waals surface area contributed by atoms with Gasteiger partial charge in [0.15, 0.2) is 11.5 Å². The monoisotopic (exact) mass is 752 g/mol. The van der Waals surface area contributed by atoms with Crippen molar-refractivity contribution in [3.63, 3.8) is 0 Å². The molecule has 0 aromatic heterocycles. The minimum absolute atomic E-state index is 0.0488. The van der Waals surface area contributed by atoms with Gasteiger partial charge in [-0.15, -0.1) is 0 Å². The molecule has 0 bridgehead atoms. The number of carbonyl (C=O) groups is 4. The predicted octanol–water partition coefficient (Wildman–Crippen LogP) is 7.08. The topological polar surface area (TPSA) is 139 Å². The summed E-state index contributed by atoms with van der Waals surface area (Å²) in [6.45, 7) is 7.39. The number of aryl methyl sites for hydroxylation is 1. The summed E-state index contributed by atoms with van der Waals surface area (Å²) in [7, 11) is 4.54. The van der Waals surface area contributed by atoms with Gasteiger partial charge < -0.3 is 38.6 Å². The summed E-state index contributed by atoms with van der Waals surface area (Å²) in [5.74, 6) is -0.325. The van der Waals surface area contributed by atoms with Gasteiger partial charge in [0.1, 0.15) is 18.0 Å². The molecular weight excluding hydrogens is 704 g/mol. The number of methoxy groups -OCH3 is 3. The number of hydrogen-bond acceptors (Lipinski definition) is 10. The fraction of sp³-hybridized carbons (Fsp3) is 0.450. The lowest BCUT2D eigenvalue weighted by Gasteiger charge is -2.33. The van der Waals surface area contributed by atoms with E-state index in [0.29, 0.717) is 70.6 Å². The fourth-order valence-electron chi connectivity index (χ4n) is 6.21. The molecule has 1 heterocycles. The SMILES string of the molecule is CCOC(=O)CCCCc1ccc(OC)c(NC(=O)CC2OC(c3cccc(OC)c3OC)c3cc(Cl)ccc3N(CC(C)(C)COC(C)=O)C2=O)c1. The summed E-state index contributed by atoms with van der Waals surface area (Å²) in [6.07, 6.45) is -0.134. The highest BCUT2D eigenvalue weighted by Gasteiger charge is 2.41. The third-order valence-corrected chi connectivity index (χ3v) is 8.92. The molecule has 12 nitrogen and oxygen atoms in total. The maximum absolute atomic E-state index is 14.6. The number of para-hydroxylation sites is 1. The van der Waals surface area contributed by atoms with Crippen LogP contribution in [0.1, 0.15) is 76.2 Å². The van der Waals surface area contributed by atoms with Crippen molar-refractivity contribution in [1.29, 1.82) is 0 Å². The van der Waals surface area contributed by atoms with E-state index in [1.807, 2.05) is 32.0 Å². The zero-order chi connectivity index (χ0) is 38.7. The number of hydrogen-bond donors (Lipinski definition) is 1. The van der Waals surface area contributed by atoms with E-state index in [1.54, 1.807) is 48.2 Å². The van der Waals surface area contributed by atoms with Crippen LogP contribution in [0.25, 0.3) is 0 Å². The molecule has 0 aliphatic carbocycles. The van der Waals surface area contributed by atoms with E-state index < -0.39 is 35.4 Å². The van der Waals surface area contributed by atoms with Crippen LogP contribution in [0.5, 0.6) is 17.2 Å². The normalized spacial score (nSPS) is 15.5. The highest BCUT2D eigenvalue weighted by molar-refractivity contribution is 6.30. The van der Waals surface area contributed by atoms with Crippen LogP contribution in [0.2, 0.25) is 5.02 Å². The van der Waals surface area contributed by atoms with Crippen molar-refractivity contribution < 1.29 is 47.6 Å². The Morgan fingerprint density at radius 3 is 2.36 bits per heavy atom. The molecule has 1 aliphatic rings. The largest absolute Gasteiger partial charge is 0.495 e. The highest BCUT2D eigenvalue weighted by Crippen LogP contribution is 2.46. The first kappa shape index (κ1) is 41.0. The Morgan fingerprint density at radius 1 is 0.925 bits per heavy atom. The Hall–Kier alpha value is -4.81. The van der Waals surface area contributed by atoms with E-state index in [9.17, 15) is 19.2 Å².